The van der Waals surface area contributed by atoms with Crippen molar-refractivity contribution in [1.29, 1.82) is 5.26 Å². The number of nitriles is 1. The Kier molecular flexibility index (Phi) is 7.29. The zero-order valence-corrected chi connectivity index (χ0v) is 21.8. The quantitative estimate of drug-likeness (QED) is 0.214. The summed E-state index contributed by atoms with van der Waals surface area (Å²) >= 11 is 6.18. The van der Waals surface area contributed by atoms with Gasteiger partial charge in [-0.3, -0.25) is 0 Å². The van der Waals surface area contributed by atoms with E-state index in [9.17, 15) is 5.26 Å². The van der Waals surface area contributed by atoms with E-state index >= 15 is 0 Å². The molecule has 0 bridgehead atoms. The summed E-state index contributed by atoms with van der Waals surface area (Å²) in [6.07, 6.45) is 10.3. The molecule has 0 saturated carbocycles. The highest BCUT2D eigenvalue weighted by Crippen LogP contribution is 2.44. The molecule has 0 unspecified atom stereocenters. The normalized spacial score (nSPS) is 16.3. The highest BCUT2D eigenvalue weighted by Gasteiger charge is 2.32. The number of terminal acetylenes is 1. The van der Waals surface area contributed by atoms with Crippen LogP contribution >= 0.6 is 56.5 Å². The first-order chi connectivity index (χ1) is 13.7. The molecule has 0 N–H and O–H groups in total. The first-order valence-corrected chi connectivity index (χ1v) is 12.4. The van der Waals surface area contributed by atoms with E-state index in [0.29, 0.717) is 5.92 Å². The van der Waals surface area contributed by atoms with Crippen molar-refractivity contribution in [1.82, 2.24) is 0 Å². The molecule has 3 nitrogen and oxygen atoms in total. The zero-order valence-electron chi connectivity index (χ0n) is 16.7. The van der Waals surface area contributed by atoms with Crippen LogP contribution in [0, 0.1) is 42.1 Å². The molecule has 1 aromatic heterocycles. The lowest BCUT2D eigenvalue weighted by Crippen LogP contribution is -2.26. The molecule has 0 aliphatic heterocycles. The molecule has 2 aromatic rings. The number of halogens is 2. The van der Waals surface area contributed by atoms with Gasteiger partial charge >= 0.3 is 0 Å². The van der Waals surface area contributed by atoms with Gasteiger partial charge in [0.2, 0.25) is 0 Å². The van der Waals surface area contributed by atoms with Crippen LogP contribution in [0.25, 0.3) is 0 Å². The summed E-state index contributed by atoms with van der Waals surface area (Å²) in [5.74, 6) is 3.95. The molecule has 6 heteroatoms. The molecule has 0 radical (unpaired) electrons. The molecule has 0 amide bonds. The van der Waals surface area contributed by atoms with Gasteiger partial charge < -0.3 is 4.74 Å². The number of hydrogen-bond donors (Lipinski definition) is 0. The summed E-state index contributed by atoms with van der Waals surface area (Å²) in [7, 11) is 0. The SMILES string of the molecule is C#CCOc1c(I)cc(C=Nc2sc3c(c2C#N)CC[C@@H](C(C)(C)C)C3)cc1I. The van der Waals surface area contributed by atoms with Crippen LogP contribution in [0.5, 0.6) is 5.75 Å². The Hall–Kier alpha value is -1.10. The van der Waals surface area contributed by atoms with Crippen molar-refractivity contribution in [3.63, 3.8) is 0 Å². The molecule has 0 saturated heterocycles. The Bertz CT molecular complexity index is 1010. The Morgan fingerprint density at radius 2 is 2.03 bits per heavy atom. The fourth-order valence-electron chi connectivity index (χ4n) is 3.56. The molecule has 3 rings (SSSR count). The molecule has 1 atom stereocenters. The first kappa shape index (κ1) is 22.6. The standard InChI is InChI=1S/C23H22I2N2OS/c1-5-8-28-21-18(24)9-14(10-19(21)25)13-27-22-17(12-26)16-7-6-15(23(2,3)4)11-20(16)29-22/h1,9-10,13,15H,6-8,11H2,2-4H3/t15-/m1/s1. The smallest absolute Gasteiger partial charge is 0.148 e. The summed E-state index contributed by atoms with van der Waals surface area (Å²) in [4.78, 5) is 6.04. The van der Waals surface area contributed by atoms with Gasteiger partial charge in [-0.05, 0) is 99.0 Å². The summed E-state index contributed by atoms with van der Waals surface area (Å²) in [6, 6.07) is 6.45. The van der Waals surface area contributed by atoms with Crippen molar-refractivity contribution in [3.8, 4) is 24.2 Å². The molecular formula is C23H22I2N2OS. The van der Waals surface area contributed by atoms with Gasteiger partial charge in [0.05, 0.1) is 12.7 Å². The van der Waals surface area contributed by atoms with Crippen molar-refractivity contribution in [2.75, 3.05) is 6.61 Å². The van der Waals surface area contributed by atoms with Crippen molar-refractivity contribution < 1.29 is 4.74 Å². The van der Waals surface area contributed by atoms with Crippen LogP contribution < -0.4 is 4.74 Å². The van der Waals surface area contributed by atoms with E-state index < -0.39 is 0 Å². The summed E-state index contributed by atoms with van der Waals surface area (Å²) in [5.41, 5.74) is 3.24. The van der Waals surface area contributed by atoms with Crippen molar-refractivity contribution in [2.24, 2.45) is 16.3 Å². The van der Waals surface area contributed by atoms with Crippen LogP contribution in [0.15, 0.2) is 17.1 Å². The minimum Gasteiger partial charge on any atom is -0.479 e. The van der Waals surface area contributed by atoms with Gasteiger partial charge in [-0.15, -0.1) is 17.8 Å². The van der Waals surface area contributed by atoms with Gasteiger partial charge in [0.15, 0.2) is 0 Å². The maximum Gasteiger partial charge on any atom is 0.148 e. The van der Waals surface area contributed by atoms with Crippen LogP contribution in [0.1, 0.15) is 48.8 Å². The molecular weight excluding hydrogens is 606 g/mol. The summed E-state index contributed by atoms with van der Waals surface area (Å²) in [6.45, 7) is 7.17. The maximum atomic E-state index is 9.74. The van der Waals surface area contributed by atoms with Gasteiger partial charge in [-0.25, -0.2) is 4.99 Å². The van der Waals surface area contributed by atoms with E-state index in [1.807, 2.05) is 18.3 Å². The van der Waals surface area contributed by atoms with Crippen molar-refractivity contribution >= 4 is 67.7 Å². The van der Waals surface area contributed by atoms with E-state index in [2.05, 4.69) is 77.9 Å². The van der Waals surface area contributed by atoms with E-state index in [-0.39, 0.29) is 12.0 Å². The number of benzene rings is 1. The Balaban J connectivity index is 1.88. The number of fused-ring (bicyclic) bond motifs is 1. The van der Waals surface area contributed by atoms with Crippen LogP contribution in [0.2, 0.25) is 0 Å². The Labute approximate surface area is 204 Å². The third-order valence-corrected chi connectivity index (χ3v) is 8.00. The lowest BCUT2D eigenvalue weighted by molar-refractivity contribution is 0.218. The summed E-state index contributed by atoms with van der Waals surface area (Å²) in [5, 5.41) is 10.6. The average molecular weight is 628 g/mol. The van der Waals surface area contributed by atoms with Gasteiger partial charge in [-0.2, -0.15) is 5.26 Å². The number of rotatable bonds is 4. The third kappa shape index (κ3) is 5.15. The lowest BCUT2D eigenvalue weighted by atomic mass is 9.72. The van der Waals surface area contributed by atoms with Crippen LogP contribution in [0.4, 0.5) is 5.00 Å². The fourth-order valence-corrected chi connectivity index (χ4v) is 6.91. The van der Waals surface area contributed by atoms with Crippen molar-refractivity contribution in [2.45, 2.75) is 40.0 Å². The highest BCUT2D eigenvalue weighted by atomic mass is 127. The van der Waals surface area contributed by atoms with Gasteiger partial charge in [0, 0.05) is 11.1 Å². The fraction of sp³-hybridized carbons (Fsp3) is 0.391. The molecule has 29 heavy (non-hydrogen) atoms. The van der Waals surface area contributed by atoms with Gasteiger partial charge in [0.1, 0.15) is 23.4 Å². The zero-order chi connectivity index (χ0) is 21.2. The van der Waals surface area contributed by atoms with Crippen LogP contribution in [-0.2, 0) is 12.8 Å². The molecule has 1 aliphatic rings. The second kappa shape index (κ2) is 9.36. The molecule has 1 aliphatic carbocycles. The molecule has 1 aromatic carbocycles. The monoisotopic (exact) mass is 628 g/mol. The predicted molar refractivity (Wildman–Crippen MR) is 137 cm³/mol. The summed E-state index contributed by atoms with van der Waals surface area (Å²) < 4.78 is 7.61. The van der Waals surface area contributed by atoms with E-state index in [1.165, 1.54) is 10.4 Å². The number of aliphatic imine (C=N–C) groups is 1. The molecule has 1 heterocycles. The predicted octanol–water partition coefficient (Wildman–Crippen LogP) is 6.74. The molecule has 0 spiro atoms. The molecule has 150 valence electrons. The highest BCUT2D eigenvalue weighted by molar-refractivity contribution is 14.1. The largest absolute Gasteiger partial charge is 0.479 e. The van der Waals surface area contributed by atoms with Gasteiger partial charge in [0.25, 0.3) is 0 Å². The second-order valence-corrected chi connectivity index (χ2v) is 11.6. The first-order valence-electron chi connectivity index (χ1n) is 9.38. The van der Waals surface area contributed by atoms with Gasteiger partial charge in [-0.1, -0.05) is 26.7 Å². The van der Waals surface area contributed by atoms with Crippen molar-refractivity contribution in [3.05, 3.63) is 40.8 Å². The topological polar surface area (TPSA) is 45.4 Å². The van der Waals surface area contributed by atoms with Crippen LogP contribution in [0.3, 0.4) is 0 Å². The number of thiophene rings is 1. The number of nitrogens with zero attached hydrogens (tertiary/aromatic N) is 2. The Morgan fingerprint density at radius 3 is 2.62 bits per heavy atom. The third-order valence-electron chi connectivity index (χ3n) is 5.23. The average Bonchev–Trinajstić information content (AvgIpc) is 3.01. The lowest BCUT2D eigenvalue weighted by Gasteiger charge is -2.33. The maximum absolute atomic E-state index is 9.74. The number of ether oxygens (including phenoxy) is 1. The number of hydrogen-bond acceptors (Lipinski definition) is 4. The Morgan fingerprint density at radius 1 is 1.34 bits per heavy atom. The van der Waals surface area contributed by atoms with E-state index in [0.717, 1.165) is 48.3 Å². The van der Waals surface area contributed by atoms with E-state index in [1.54, 1.807) is 11.3 Å². The minimum atomic E-state index is 0.251. The van der Waals surface area contributed by atoms with Crippen LogP contribution in [-0.4, -0.2) is 12.8 Å². The van der Waals surface area contributed by atoms with E-state index in [4.69, 9.17) is 16.2 Å². The molecule has 0 fully saturated rings. The second-order valence-electron chi connectivity index (χ2n) is 8.17. The minimum absolute atomic E-state index is 0.251.